The van der Waals surface area contributed by atoms with Crippen molar-refractivity contribution >= 4 is 29.4 Å². The highest BCUT2D eigenvalue weighted by Gasteiger charge is 2.33. The van der Waals surface area contributed by atoms with E-state index >= 15 is 0 Å². The molecular weight excluding hydrogens is 412 g/mol. The van der Waals surface area contributed by atoms with Crippen molar-refractivity contribution in [2.24, 2.45) is 0 Å². The van der Waals surface area contributed by atoms with Crippen molar-refractivity contribution < 1.29 is 19.1 Å². The summed E-state index contributed by atoms with van der Waals surface area (Å²) in [5, 5.41) is 3.27. The van der Waals surface area contributed by atoms with Gasteiger partial charge in [-0.2, -0.15) is 0 Å². The molecule has 3 rings (SSSR count). The van der Waals surface area contributed by atoms with Gasteiger partial charge in [0.15, 0.2) is 16.7 Å². The number of carbonyl (C=O) groups is 2. The summed E-state index contributed by atoms with van der Waals surface area (Å²) in [7, 11) is 2.90. The van der Waals surface area contributed by atoms with Gasteiger partial charge in [-0.25, -0.2) is 19.7 Å². The number of ether oxygens (including phenoxy) is 2. The molecule has 3 heterocycles. The number of aromatic nitrogens is 4. The molecule has 2 aromatic heterocycles. The van der Waals surface area contributed by atoms with Crippen LogP contribution < -0.4 is 10.2 Å². The third-order valence-corrected chi connectivity index (χ3v) is 5.31. The Labute approximate surface area is 179 Å². The van der Waals surface area contributed by atoms with E-state index in [-0.39, 0.29) is 29.6 Å². The molecular formula is C19H25ClN6O4. The number of piperidine rings is 1. The van der Waals surface area contributed by atoms with Crippen molar-refractivity contribution in [3.05, 3.63) is 34.1 Å². The van der Waals surface area contributed by atoms with Crippen LogP contribution in [0.3, 0.4) is 0 Å². The average molecular weight is 437 g/mol. The van der Waals surface area contributed by atoms with Crippen LogP contribution in [0.2, 0.25) is 5.15 Å². The molecule has 30 heavy (non-hydrogen) atoms. The summed E-state index contributed by atoms with van der Waals surface area (Å²) in [5.41, 5.74) is 1.58. The molecule has 0 radical (unpaired) electrons. The Hall–Kier alpha value is -2.72. The molecule has 1 amide bonds. The first kappa shape index (κ1) is 22.0. The SMILES string of the molecule is CCc1[nH]c(C(=O)N[C@@H]2CCN(c3nc(C)cc(C(=O)OC)n3)C[C@@H]2OC)nc1Cl. The van der Waals surface area contributed by atoms with Crippen LogP contribution in [0.15, 0.2) is 6.07 Å². The van der Waals surface area contributed by atoms with Gasteiger partial charge in [0.2, 0.25) is 5.95 Å². The zero-order chi connectivity index (χ0) is 21.8. The molecule has 1 aliphatic heterocycles. The highest BCUT2D eigenvalue weighted by Crippen LogP contribution is 2.20. The van der Waals surface area contributed by atoms with Crippen molar-refractivity contribution in [3.63, 3.8) is 0 Å². The zero-order valence-electron chi connectivity index (χ0n) is 17.4. The van der Waals surface area contributed by atoms with Gasteiger partial charge in [-0.1, -0.05) is 18.5 Å². The fourth-order valence-corrected chi connectivity index (χ4v) is 3.64. The molecule has 162 valence electrons. The molecule has 0 saturated carbocycles. The number of H-pyrrole nitrogens is 1. The molecule has 2 N–H and O–H groups in total. The van der Waals surface area contributed by atoms with Crippen LogP contribution >= 0.6 is 11.6 Å². The smallest absolute Gasteiger partial charge is 0.356 e. The lowest BCUT2D eigenvalue weighted by atomic mass is 10.0. The van der Waals surface area contributed by atoms with Crippen molar-refractivity contribution in [1.29, 1.82) is 0 Å². The Morgan fingerprint density at radius 2 is 2.10 bits per heavy atom. The van der Waals surface area contributed by atoms with E-state index in [9.17, 15) is 9.59 Å². The van der Waals surface area contributed by atoms with E-state index in [1.54, 1.807) is 20.1 Å². The normalized spacial score (nSPS) is 18.9. The summed E-state index contributed by atoms with van der Waals surface area (Å²) in [6.07, 6.45) is 0.955. The molecule has 0 aliphatic carbocycles. The van der Waals surface area contributed by atoms with E-state index < -0.39 is 5.97 Å². The van der Waals surface area contributed by atoms with Crippen LogP contribution in [0, 0.1) is 6.92 Å². The molecule has 1 aliphatic rings. The highest BCUT2D eigenvalue weighted by molar-refractivity contribution is 6.30. The Bertz CT molecular complexity index is 934. The topological polar surface area (TPSA) is 122 Å². The van der Waals surface area contributed by atoms with E-state index in [4.69, 9.17) is 21.1 Å². The number of amides is 1. The molecule has 0 spiro atoms. The first-order valence-corrected chi connectivity index (χ1v) is 10.0. The molecule has 2 aromatic rings. The zero-order valence-corrected chi connectivity index (χ0v) is 18.1. The summed E-state index contributed by atoms with van der Waals surface area (Å²) in [6.45, 7) is 4.74. The van der Waals surface area contributed by atoms with Crippen LogP contribution in [0.25, 0.3) is 0 Å². The second kappa shape index (κ2) is 9.40. The second-order valence-corrected chi connectivity index (χ2v) is 7.34. The highest BCUT2D eigenvalue weighted by atomic mass is 35.5. The molecule has 2 atom stereocenters. The summed E-state index contributed by atoms with van der Waals surface area (Å²) in [6, 6.07) is 1.35. The maximum atomic E-state index is 12.6. The van der Waals surface area contributed by atoms with Crippen LogP contribution in [0.1, 0.15) is 45.8 Å². The van der Waals surface area contributed by atoms with Gasteiger partial charge < -0.3 is 24.7 Å². The van der Waals surface area contributed by atoms with Crippen molar-refractivity contribution in [3.8, 4) is 0 Å². The number of methoxy groups -OCH3 is 2. The van der Waals surface area contributed by atoms with Crippen LogP contribution in [0.5, 0.6) is 0 Å². The second-order valence-electron chi connectivity index (χ2n) is 6.98. The first-order valence-electron chi connectivity index (χ1n) is 9.63. The number of rotatable bonds is 6. The fraction of sp³-hybridized carbons (Fsp3) is 0.526. The van der Waals surface area contributed by atoms with Crippen LogP contribution in [-0.2, 0) is 15.9 Å². The van der Waals surface area contributed by atoms with Gasteiger partial charge >= 0.3 is 5.97 Å². The van der Waals surface area contributed by atoms with E-state index in [1.165, 1.54) is 7.11 Å². The maximum Gasteiger partial charge on any atom is 0.356 e. The molecule has 0 bridgehead atoms. The number of imidazole rings is 1. The fourth-order valence-electron chi connectivity index (χ4n) is 3.37. The molecule has 1 fully saturated rings. The third-order valence-electron chi connectivity index (χ3n) is 5.00. The number of carbonyl (C=O) groups excluding carboxylic acids is 2. The quantitative estimate of drug-likeness (QED) is 0.653. The number of nitrogens with one attached hydrogen (secondary N) is 2. The lowest BCUT2D eigenvalue weighted by Crippen LogP contribution is -2.55. The summed E-state index contributed by atoms with van der Waals surface area (Å²) in [4.78, 5) is 42.2. The van der Waals surface area contributed by atoms with Gasteiger partial charge in [0.05, 0.1) is 24.9 Å². The molecule has 1 saturated heterocycles. The lowest BCUT2D eigenvalue weighted by molar-refractivity contribution is 0.0533. The number of aromatic amines is 1. The third kappa shape index (κ3) is 4.71. The standard InChI is InChI=1S/C19H25ClN6O4/c1-5-11-15(20)25-16(22-11)17(27)23-12-6-7-26(9-14(12)29-3)19-21-10(2)8-13(24-19)18(28)30-4/h8,12,14H,5-7,9H2,1-4H3,(H,22,25)(H,23,27)/t12-,14+/m1/s1. The Kier molecular flexibility index (Phi) is 6.88. The monoisotopic (exact) mass is 436 g/mol. The predicted octanol–water partition coefficient (Wildman–Crippen LogP) is 1.53. The Morgan fingerprint density at radius 3 is 2.73 bits per heavy atom. The first-order chi connectivity index (χ1) is 14.4. The van der Waals surface area contributed by atoms with Crippen molar-refractivity contribution in [2.75, 3.05) is 32.2 Å². The number of hydrogen-bond acceptors (Lipinski definition) is 8. The summed E-state index contributed by atoms with van der Waals surface area (Å²) < 4.78 is 10.4. The van der Waals surface area contributed by atoms with Gasteiger partial charge in [-0.3, -0.25) is 4.79 Å². The maximum absolute atomic E-state index is 12.6. The van der Waals surface area contributed by atoms with Gasteiger partial charge in [0.1, 0.15) is 0 Å². The van der Waals surface area contributed by atoms with Crippen LogP contribution in [-0.4, -0.2) is 71.3 Å². The van der Waals surface area contributed by atoms with Gasteiger partial charge in [0.25, 0.3) is 5.91 Å². The number of hydrogen-bond donors (Lipinski definition) is 2. The largest absolute Gasteiger partial charge is 0.464 e. The van der Waals surface area contributed by atoms with E-state index in [2.05, 4.69) is 25.3 Å². The molecule has 10 nitrogen and oxygen atoms in total. The van der Waals surface area contributed by atoms with E-state index in [0.29, 0.717) is 42.7 Å². The number of anilines is 1. The predicted molar refractivity (Wildman–Crippen MR) is 110 cm³/mol. The van der Waals surface area contributed by atoms with E-state index in [0.717, 1.165) is 5.69 Å². The summed E-state index contributed by atoms with van der Waals surface area (Å²) >= 11 is 6.03. The van der Waals surface area contributed by atoms with Gasteiger partial charge in [-0.15, -0.1) is 0 Å². The number of esters is 1. The van der Waals surface area contributed by atoms with Gasteiger partial charge in [-0.05, 0) is 25.8 Å². The molecule has 0 unspecified atom stereocenters. The van der Waals surface area contributed by atoms with E-state index in [1.807, 2.05) is 11.8 Å². The summed E-state index contributed by atoms with van der Waals surface area (Å²) in [5.74, 6) is -0.251. The molecule has 11 heteroatoms. The minimum atomic E-state index is -0.518. The Balaban J connectivity index is 1.71. The number of aryl methyl sites for hydroxylation is 2. The Morgan fingerprint density at radius 1 is 1.33 bits per heavy atom. The average Bonchev–Trinajstić information content (AvgIpc) is 3.13. The molecule has 0 aromatic carbocycles. The minimum Gasteiger partial charge on any atom is -0.464 e. The number of halogens is 1. The van der Waals surface area contributed by atoms with Crippen LogP contribution in [0.4, 0.5) is 5.95 Å². The van der Waals surface area contributed by atoms with Crippen molar-refractivity contribution in [1.82, 2.24) is 25.3 Å². The minimum absolute atomic E-state index is 0.180. The number of nitrogens with zero attached hydrogens (tertiary/aromatic N) is 4. The van der Waals surface area contributed by atoms with Gasteiger partial charge in [0, 0.05) is 25.9 Å². The van der Waals surface area contributed by atoms with Crippen molar-refractivity contribution in [2.45, 2.75) is 38.8 Å². The lowest BCUT2D eigenvalue weighted by Gasteiger charge is -2.38.